The van der Waals surface area contributed by atoms with Crippen molar-refractivity contribution in [2.75, 3.05) is 0 Å². The van der Waals surface area contributed by atoms with E-state index in [0.717, 1.165) is 24.1 Å². The molecule has 0 saturated heterocycles. The Hall–Kier alpha value is -1.64. The molecule has 0 heterocycles. The number of ketones is 1. The molecule has 1 atom stereocenters. The molecule has 1 aliphatic carbocycles. The average Bonchev–Trinajstić information content (AvgIpc) is 2.63. The SMILES string of the molecule is Cc1cc(O)ccc1N=CC1CCCC1=O. The third kappa shape index (κ3) is 2.30. The molecule has 0 aliphatic heterocycles. The van der Waals surface area contributed by atoms with Crippen LogP contribution in [0.25, 0.3) is 0 Å². The lowest BCUT2D eigenvalue weighted by atomic mass is 10.1. The Balaban J connectivity index is 2.14. The molecular formula is C13H15NO2. The number of aryl methyl sites for hydroxylation is 1. The molecule has 3 heteroatoms. The normalized spacial score (nSPS) is 20.8. The van der Waals surface area contributed by atoms with Gasteiger partial charge in [-0.1, -0.05) is 0 Å². The van der Waals surface area contributed by atoms with Crippen LogP contribution in [0.15, 0.2) is 23.2 Å². The second-order valence-corrected chi connectivity index (χ2v) is 4.21. The smallest absolute Gasteiger partial charge is 0.141 e. The van der Waals surface area contributed by atoms with E-state index in [1.54, 1.807) is 24.4 Å². The third-order valence-corrected chi connectivity index (χ3v) is 2.93. The highest BCUT2D eigenvalue weighted by Gasteiger charge is 2.22. The van der Waals surface area contributed by atoms with Gasteiger partial charge in [-0.05, 0) is 43.5 Å². The van der Waals surface area contributed by atoms with Gasteiger partial charge in [0.2, 0.25) is 0 Å². The van der Waals surface area contributed by atoms with E-state index in [4.69, 9.17) is 0 Å². The maximum atomic E-state index is 11.4. The molecule has 1 unspecified atom stereocenters. The van der Waals surface area contributed by atoms with Gasteiger partial charge in [-0.15, -0.1) is 0 Å². The molecular weight excluding hydrogens is 202 g/mol. The van der Waals surface area contributed by atoms with Crippen LogP contribution in [0.5, 0.6) is 5.75 Å². The predicted molar refractivity (Wildman–Crippen MR) is 63.3 cm³/mol. The summed E-state index contributed by atoms with van der Waals surface area (Å²) in [6, 6.07) is 5.04. The van der Waals surface area contributed by atoms with Crippen LogP contribution < -0.4 is 0 Å². The summed E-state index contributed by atoms with van der Waals surface area (Å²) in [5.41, 5.74) is 1.74. The Morgan fingerprint density at radius 1 is 1.50 bits per heavy atom. The highest BCUT2D eigenvalue weighted by Crippen LogP contribution is 2.24. The highest BCUT2D eigenvalue weighted by atomic mass is 16.3. The van der Waals surface area contributed by atoms with Crippen LogP contribution in [0.3, 0.4) is 0 Å². The summed E-state index contributed by atoms with van der Waals surface area (Å²) in [4.78, 5) is 15.7. The molecule has 1 N–H and O–H groups in total. The number of carbonyl (C=O) groups excluding carboxylic acids is 1. The molecule has 0 aromatic heterocycles. The van der Waals surface area contributed by atoms with Crippen LogP contribution in [0, 0.1) is 12.8 Å². The van der Waals surface area contributed by atoms with Gasteiger partial charge in [-0.25, -0.2) is 0 Å². The molecule has 1 aromatic carbocycles. The molecule has 0 radical (unpaired) electrons. The number of aliphatic imine (C=N–C) groups is 1. The molecule has 16 heavy (non-hydrogen) atoms. The Morgan fingerprint density at radius 3 is 2.94 bits per heavy atom. The van der Waals surface area contributed by atoms with Gasteiger partial charge in [0.15, 0.2) is 0 Å². The van der Waals surface area contributed by atoms with E-state index in [-0.39, 0.29) is 11.7 Å². The number of nitrogens with zero attached hydrogens (tertiary/aromatic N) is 1. The van der Waals surface area contributed by atoms with Crippen LogP contribution in [-0.2, 0) is 4.79 Å². The van der Waals surface area contributed by atoms with Crippen LogP contribution in [-0.4, -0.2) is 17.1 Å². The fraction of sp³-hybridized carbons (Fsp3) is 0.385. The first-order valence-corrected chi connectivity index (χ1v) is 5.53. The zero-order valence-electron chi connectivity index (χ0n) is 9.31. The van der Waals surface area contributed by atoms with Crippen molar-refractivity contribution < 1.29 is 9.90 Å². The number of phenolic OH excluding ortho intramolecular Hbond substituents is 1. The molecule has 1 saturated carbocycles. The van der Waals surface area contributed by atoms with Gasteiger partial charge in [-0.3, -0.25) is 9.79 Å². The molecule has 0 bridgehead atoms. The summed E-state index contributed by atoms with van der Waals surface area (Å²) in [5, 5.41) is 9.25. The lowest BCUT2D eigenvalue weighted by Crippen LogP contribution is -2.06. The van der Waals surface area contributed by atoms with Crippen molar-refractivity contribution >= 4 is 17.7 Å². The largest absolute Gasteiger partial charge is 0.508 e. The number of hydrogen-bond donors (Lipinski definition) is 1. The van der Waals surface area contributed by atoms with Crippen molar-refractivity contribution in [1.82, 2.24) is 0 Å². The van der Waals surface area contributed by atoms with Crippen molar-refractivity contribution in [3.8, 4) is 5.75 Å². The maximum Gasteiger partial charge on any atom is 0.141 e. The predicted octanol–water partition coefficient (Wildman–Crippen LogP) is 2.77. The summed E-state index contributed by atoms with van der Waals surface area (Å²) >= 11 is 0. The van der Waals surface area contributed by atoms with Gasteiger partial charge in [0.05, 0.1) is 11.6 Å². The minimum Gasteiger partial charge on any atom is -0.508 e. The molecule has 0 amide bonds. The summed E-state index contributed by atoms with van der Waals surface area (Å²) in [7, 11) is 0. The standard InChI is InChI=1S/C13H15NO2/c1-9-7-11(15)5-6-12(9)14-8-10-3-2-4-13(10)16/h5-8,10,15H,2-4H2,1H3. The van der Waals surface area contributed by atoms with Gasteiger partial charge in [0.25, 0.3) is 0 Å². The summed E-state index contributed by atoms with van der Waals surface area (Å²) < 4.78 is 0. The fourth-order valence-electron chi connectivity index (χ4n) is 1.96. The quantitative estimate of drug-likeness (QED) is 0.774. The number of aromatic hydroxyl groups is 1. The molecule has 3 nitrogen and oxygen atoms in total. The number of hydrogen-bond acceptors (Lipinski definition) is 3. The van der Waals surface area contributed by atoms with E-state index in [1.807, 2.05) is 6.92 Å². The molecule has 1 fully saturated rings. The van der Waals surface area contributed by atoms with Crippen molar-refractivity contribution in [3.05, 3.63) is 23.8 Å². The molecule has 2 rings (SSSR count). The second kappa shape index (κ2) is 4.47. The Bertz CT molecular complexity index is 438. The monoisotopic (exact) mass is 217 g/mol. The maximum absolute atomic E-state index is 11.4. The first-order valence-electron chi connectivity index (χ1n) is 5.53. The first-order chi connectivity index (χ1) is 7.66. The van der Waals surface area contributed by atoms with Gasteiger partial charge >= 0.3 is 0 Å². The second-order valence-electron chi connectivity index (χ2n) is 4.21. The van der Waals surface area contributed by atoms with Crippen molar-refractivity contribution in [3.63, 3.8) is 0 Å². The Morgan fingerprint density at radius 2 is 2.31 bits per heavy atom. The summed E-state index contributed by atoms with van der Waals surface area (Å²) in [5.74, 6) is 0.529. The lowest BCUT2D eigenvalue weighted by molar-refractivity contribution is -0.118. The lowest BCUT2D eigenvalue weighted by Gasteiger charge is -2.02. The number of phenols is 1. The summed E-state index contributed by atoms with van der Waals surface area (Å²) in [6.07, 6.45) is 4.32. The van der Waals surface area contributed by atoms with Gasteiger partial charge in [-0.2, -0.15) is 0 Å². The zero-order valence-corrected chi connectivity index (χ0v) is 9.31. The van der Waals surface area contributed by atoms with Crippen molar-refractivity contribution in [1.29, 1.82) is 0 Å². The van der Waals surface area contributed by atoms with E-state index in [2.05, 4.69) is 4.99 Å². The fourth-order valence-corrected chi connectivity index (χ4v) is 1.96. The van der Waals surface area contributed by atoms with Gasteiger partial charge in [0, 0.05) is 12.6 Å². The zero-order chi connectivity index (χ0) is 11.5. The first kappa shape index (κ1) is 10.9. The molecule has 1 aromatic rings. The number of rotatable bonds is 2. The van der Waals surface area contributed by atoms with Crippen LogP contribution in [0.1, 0.15) is 24.8 Å². The van der Waals surface area contributed by atoms with Crippen LogP contribution in [0.2, 0.25) is 0 Å². The minimum atomic E-state index is -0.00629. The number of carbonyl (C=O) groups is 1. The molecule has 1 aliphatic rings. The van der Waals surface area contributed by atoms with E-state index in [1.165, 1.54) is 0 Å². The van der Waals surface area contributed by atoms with Gasteiger partial charge < -0.3 is 5.11 Å². The number of Topliss-reactive ketones (excluding diaryl/α,β-unsaturated/α-hetero) is 1. The summed E-state index contributed by atoms with van der Waals surface area (Å²) in [6.45, 7) is 1.89. The molecule has 84 valence electrons. The Kier molecular flexibility index (Phi) is 3.04. The highest BCUT2D eigenvalue weighted by molar-refractivity contribution is 5.97. The number of benzene rings is 1. The van der Waals surface area contributed by atoms with Crippen LogP contribution >= 0.6 is 0 Å². The van der Waals surface area contributed by atoms with E-state index in [0.29, 0.717) is 12.2 Å². The van der Waals surface area contributed by atoms with Crippen molar-refractivity contribution in [2.45, 2.75) is 26.2 Å². The average molecular weight is 217 g/mol. The van der Waals surface area contributed by atoms with Crippen LogP contribution in [0.4, 0.5) is 5.69 Å². The molecule has 0 spiro atoms. The minimum absolute atomic E-state index is 0.00629. The van der Waals surface area contributed by atoms with Crippen molar-refractivity contribution in [2.24, 2.45) is 10.9 Å². The Labute approximate surface area is 94.8 Å². The van der Waals surface area contributed by atoms with E-state index >= 15 is 0 Å². The van der Waals surface area contributed by atoms with E-state index in [9.17, 15) is 9.90 Å². The third-order valence-electron chi connectivity index (χ3n) is 2.93. The topological polar surface area (TPSA) is 49.7 Å². The van der Waals surface area contributed by atoms with E-state index < -0.39 is 0 Å². The van der Waals surface area contributed by atoms with Gasteiger partial charge in [0.1, 0.15) is 11.5 Å².